The van der Waals surface area contributed by atoms with Gasteiger partial charge < -0.3 is 0 Å². The largest absolute Gasteiger partial charge is 0.142 e. The van der Waals surface area contributed by atoms with Gasteiger partial charge in [-0.3, -0.25) is 0 Å². The van der Waals surface area contributed by atoms with Gasteiger partial charge >= 0.3 is 0 Å². The lowest BCUT2D eigenvalue weighted by atomic mass is 9.76. The van der Waals surface area contributed by atoms with Crippen LogP contribution in [0.2, 0.25) is 0 Å². The highest BCUT2D eigenvalue weighted by Gasteiger charge is 2.25. The minimum Gasteiger partial charge on any atom is -0.142 e. The molecule has 2 aliphatic rings. The van der Waals surface area contributed by atoms with Crippen LogP contribution in [-0.4, -0.2) is 0 Å². The van der Waals surface area contributed by atoms with Crippen LogP contribution in [0.4, 0.5) is 0 Å². The molecule has 0 aliphatic heterocycles. The molecule has 7 aromatic carbocycles. The summed E-state index contributed by atoms with van der Waals surface area (Å²) in [5.74, 6) is 0. The number of hydrogen-bond donors (Lipinski definition) is 1. The quantitative estimate of drug-likeness (QED) is 0.109. The third kappa shape index (κ3) is 4.94. The average molecular weight is 657 g/mol. The fourth-order valence-corrected chi connectivity index (χ4v) is 8.59. The molecular weight excluding hydrogens is 621 g/mol. The average Bonchev–Trinajstić information content (AvgIpc) is 3.22. The second kappa shape index (κ2) is 12.1. The van der Waals surface area contributed by atoms with Crippen molar-refractivity contribution in [2.45, 2.75) is 37.0 Å². The van der Waals surface area contributed by atoms with Gasteiger partial charge in [-0.15, -0.1) is 12.6 Å². The normalized spacial score (nSPS) is 15.7. The van der Waals surface area contributed by atoms with Gasteiger partial charge in [-0.05, 0) is 107 Å². The van der Waals surface area contributed by atoms with E-state index < -0.39 is 0 Å². The second-order valence-corrected chi connectivity index (χ2v) is 14.6. The van der Waals surface area contributed by atoms with Crippen LogP contribution in [0.25, 0.3) is 77.9 Å². The number of rotatable bonds is 3. The molecule has 238 valence electrons. The molecule has 0 aromatic heterocycles. The summed E-state index contributed by atoms with van der Waals surface area (Å²) in [6.07, 6.45) is 15.0. The predicted octanol–water partition coefficient (Wildman–Crippen LogP) is 13.6. The Kier molecular flexibility index (Phi) is 7.38. The Balaban J connectivity index is 1.25. The van der Waals surface area contributed by atoms with E-state index >= 15 is 0 Å². The van der Waals surface area contributed by atoms with Gasteiger partial charge in [-0.2, -0.15) is 0 Å². The van der Waals surface area contributed by atoms with Crippen LogP contribution in [0.1, 0.15) is 42.5 Å². The van der Waals surface area contributed by atoms with E-state index in [4.69, 9.17) is 12.6 Å². The van der Waals surface area contributed by atoms with Gasteiger partial charge in [0.05, 0.1) is 0 Å². The summed E-state index contributed by atoms with van der Waals surface area (Å²) in [7, 11) is 0. The van der Waals surface area contributed by atoms with E-state index in [1.54, 1.807) is 0 Å². The van der Waals surface area contributed by atoms with E-state index in [2.05, 4.69) is 165 Å². The molecule has 1 heteroatoms. The molecule has 0 saturated heterocycles. The van der Waals surface area contributed by atoms with Crippen molar-refractivity contribution in [1.29, 1.82) is 0 Å². The fourth-order valence-electron chi connectivity index (χ4n) is 8.21. The molecule has 0 fully saturated rings. The molecule has 0 atom stereocenters. The van der Waals surface area contributed by atoms with Crippen LogP contribution in [-0.2, 0) is 11.8 Å². The van der Waals surface area contributed by atoms with E-state index in [-0.39, 0.29) is 5.41 Å². The molecule has 0 spiro atoms. The first-order valence-corrected chi connectivity index (χ1v) is 17.9. The van der Waals surface area contributed by atoms with Crippen molar-refractivity contribution in [1.82, 2.24) is 0 Å². The molecule has 50 heavy (non-hydrogen) atoms. The number of hydrogen-bond acceptors (Lipinski definition) is 1. The first kappa shape index (κ1) is 30.5. The number of allylic oxidation sites excluding steroid dienone is 4. The van der Waals surface area contributed by atoms with Gasteiger partial charge in [0, 0.05) is 16.0 Å². The van der Waals surface area contributed by atoms with Crippen molar-refractivity contribution in [3.63, 3.8) is 0 Å². The van der Waals surface area contributed by atoms with Crippen molar-refractivity contribution >= 4 is 57.1 Å². The van der Waals surface area contributed by atoms with Gasteiger partial charge in [-0.1, -0.05) is 165 Å². The standard InChI is InChI=1S/C49H36S/c1-49(2)30-14-4-3-5-15-32-24-29-35(31-44(32)49)47-38-18-8-6-16-36(38)45(37-17-7-9-19-39(37)47)33-25-27-34(28-26-33)46-40-20-10-12-22-42(40)48(50)43-23-13-11-21-41(43)46/h3-10,12,14,16-29,31,50H,15,30H2,1-2H3/b5-3-,14-4-. The first-order valence-electron chi connectivity index (χ1n) is 17.4. The third-order valence-electron chi connectivity index (χ3n) is 10.7. The number of benzene rings is 7. The number of thiol groups is 1. The molecule has 9 rings (SSSR count). The highest BCUT2D eigenvalue weighted by atomic mass is 32.1. The lowest BCUT2D eigenvalue weighted by Crippen LogP contribution is -2.18. The van der Waals surface area contributed by atoms with Gasteiger partial charge in [0.25, 0.3) is 0 Å². The smallest absolute Gasteiger partial charge is 0.0204 e. The zero-order valence-corrected chi connectivity index (χ0v) is 29.2. The Hall–Kier alpha value is -5.55. The van der Waals surface area contributed by atoms with Gasteiger partial charge in [-0.25, -0.2) is 0 Å². The lowest BCUT2D eigenvalue weighted by molar-refractivity contribution is 0.530. The lowest BCUT2D eigenvalue weighted by Gasteiger charge is -2.28. The maximum Gasteiger partial charge on any atom is 0.0204 e. The van der Waals surface area contributed by atoms with Crippen molar-refractivity contribution in [3.05, 3.63) is 173 Å². The van der Waals surface area contributed by atoms with Gasteiger partial charge in [0.15, 0.2) is 0 Å². The highest BCUT2D eigenvalue weighted by Crippen LogP contribution is 2.46. The van der Waals surface area contributed by atoms with E-state index in [9.17, 15) is 0 Å². The summed E-state index contributed by atoms with van der Waals surface area (Å²) in [6.45, 7) is 4.76. The van der Waals surface area contributed by atoms with Crippen molar-refractivity contribution in [2.75, 3.05) is 0 Å². The summed E-state index contributed by atoms with van der Waals surface area (Å²) < 4.78 is 0. The van der Waals surface area contributed by atoms with E-state index in [1.165, 1.54) is 71.4 Å². The molecule has 0 nitrogen and oxygen atoms in total. The topological polar surface area (TPSA) is 0 Å². The summed E-state index contributed by atoms with van der Waals surface area (Å²) >= 11 is 4.95. The summed E-state index contributed by atoms with van der Waals surface area (Å²) in [5, 5.41) is 7.43. The second-order valence-electron chi connectivity index (χ2n) is 14.1. The third-order valence-corrected chi connectivity index (χ3v) is 11.1. The molecule has 0 bridgehead atoms. The first-order chi connectivity index (χ1) is 24.5. The van der Waals surface area contributed by atoms with Crippen LogP contribution in [0.3, 0.4) is 0 Å². The SMILES string of the molecule is CC1(C)C/C=C\C=C/Cc2ccc(-c3c4ccccc4c(-c4ccc(-c5c6c(c(S)c7ccccc57)C=C=C=C6)cc4)c4ccccc34)cc21. The van der Waals surface area contributed by atoms with Crippen LogP contribution in [0.5, 0.6) is 0 Å². The van der Waals surface area contributed by atoms with Gasteiger partial charge in [0.1, 0.15) is 0 Å². The Morgan fingerprint density at radius 1 is 0.520 bits per heavy atom. The fraction of sp³-hybridized carbons (Fsp3) is 0.102. The molecule has 0 saturated carbocycles. The van der Waals surface area contributed by atoms with E-state index in [0.29, 0.717) is 0 Å². The monoisotopic (exact) mass is 656 g/mol. The Bertz CT molecular complexity index is 2630. The summed E-state index contributed by atoms with van der Waals surface area (Å²) in [6, 6.07) is 42.8. The maximum absolute atomic E-state index is 4.95. The minimum absolute atomic E-state index is 0.0290. The Morgan fingerprint density at radius 2 is 1.00 bits per heavy atom. The minimum atomic E-state index is 0.0290. The molecule has 0 N–H and O–H groups in total. The van der Waals surface area contributed by atoms with Crippen LogP contribution >= 0.6 is 12.6 Å². The molecular formula is C49H36S. The van der Waals surface area contributed by atoms with Crippen LogP contribution in [0, 0.1) is 0 Å². The van der Waals surface area contributed by atoms with Crippen molar-refractivity contribution < 1.29 is 0 Å². The van der Waals surface area contributed by atoms with Crippen molar-refractivity contribution in [3.8, 4) is 33.4 Å². The predicted molar refractivity (Wildman–Crippen MR) is 218 cm³/mol. The highest BCUT2D eigenvalue weighted by molar-refractivity contribution is 7.80. The van der Waals surface area contributed by atoms with Crippen LogP contribution < -0.4 is 0 Å². The Morgan fingerprint density at radius 3 is 1.62 bits per heavy atom. The van der Waals surface area contributed by atoms with E-state index in [0.717, 1.165) is 34.3 Å². The van der Waals surface area contributed by atoms with Crippen LogP contribution in [0.15, 0.2) is 156 Å². The maximum atomic E-state index is 4.95. The molecule has 0 heterocycles. The molecule has 0 radical (unpaired) electrons. The number of fused-ring (bicyclic) bond motifs is 5. The molecule has 0 amide bonds. The summed E-state index contributed by atoms with van der Waals surface area (Å²) in [4.78, 5) is 0.983. The molecule has 0 unspecified atom stereocenters. The van der Waals surface area contributed by atoms with E-state index in [1.807, 2.05) is 12.2 Å². The Labute approximate surface area is 299 Å². The zero-order valence-electron chi connectivity index (χ0n) is 28.3. The summed E-state index contributed by atoms with van der Waals surface area (Å²) in [5.41, 5.74) is 18.9. The molecule has 2 aliphatic carbocycles. The van der Waals surface area contributed by atoms with Crippen molar-refractivity contribution in [2.24, 2.45) is 0 Å². The van der Waals surface area contributed by atoms with Gasteiger partial charge in [0.2, 0.25) is 0 Å². The molecule has 7 aromatic rings. The zero-order chi connectivity index (χ0) is 33.8.